The van der Waals surface area contributed by atoms with Gasteiger partial charge in [0.25, 0.3) is 0 Å². The predicted octanol–water partition coefficient (Wildman–Crippen LogP) is 1.60. The summed E-state index contributed by atoms with van der Waals surface area (Å²) in [5, 5.41) is 12.0. The predicted molar refractivity (Wildman–Crippen MR) is 61.6 cm³/mol. The summed E-state index contributed by atoms with van der Waals surface area (Å²) in [6, 6.07) is 6.27. The lowest BCUT2D eigenvalue weighted by atomic mass is 10.1. The maximum absolute atomic E-state index is 11.1. The van der Waals surface area contributed by atoms with Crippen LogP contribution in [0.15, 0.2) is 36.9 Å². The van der Waals surface area contributed by atoms with Crippen molar-refractivity contribution in [3.8, 4) is 5.75 Å². The first-order chi connectivity index (χ1) is 7.70. The molecule has 0 spiro atoms. The van der Waals surface area contributed by atoms with E-state index in [-0.39, 0.29) is 0 Å². The van der Waals surface area contributed by atoms with E-state index in [1.54, 1.807) is 30.3 Å². The van der Waals surface area contributed by atoms with Gasteiger partial charge < -0.3 is 9.84 Å². The molecule has 1 aromatic carbocycles. The molecule has 1 unspecified atom stereocenters. The highest BCUT2D eigenvalue weighted by Gasteiger charge is 2.21. The van der Waals surface area contributed by atoms with Gasteiger partial charge in [0.15, 0.2) is 0 Å². The van der Waals surface area contributed by atoms with E-state index in [1.807, 2.05) is 0 Å². The Labute approximate surface area is 94.6 Å². The number of nitrogens with one attached hydrogen (secondary N) is 1. The van der Waals surface area contributed by atoms with Crippen LogP contribution in [0.25, 0.3) is 0 Å². The lowest BCUT2D eigenvalue weighted by Crippen LogP contribution is -2.28. The number of hydrogen-bond donors (Lipinski definition) is 2. The number of hydrogen-bond acceptors (Lipinski definition) is 3. The highest BCUT2D eigenvalue weighted by Crippen LogP contribution is 2.24. The van der Waals surface area contributed by atoms with Crippen molar-refractivity contribution in [2.45, 2.75) is 6.04 Å². The van der Waals surface area contributed by atoms with Crippen LogP contribution in [0.5, 0.6) is 5.75 Å². The zero-order chi connectivity index (χ0) is 12.0. The van der Waals surface area contributed by atoms with Gasteiger partial charge in [-0.3, -0.25) is 10.1 Å². The van der Waals surface area contributed by atoms with Crippen LogP contribution in [-0.2, 0) is 4.79 Å². The molecule has 0 aromatic heterocycles. The molecule has 4 nitrogen and oxygen atoms in total. The second kappa shape index (κ2) is 5.92. The van der Waals surface area contributed by atoms with Gasteiger partial charge in [0.05, 0.1) is 7.11 Å². The molecule has 0 saturated carbocycles. The number of aliphatic carboxylic acids is 1. The van der Waals surface area contributed by atoms with Crippen molar-refractivity contribution in [2.24, 2.45) is 0 Å². The molecule has 0 aliphatic heterocycles. The fourth-order valence-corrected chi connectivity index (χ4v) is 1.44. The molecule has 0 amide bonds. The Morgan fingerprint density at radius 2 is 2.31 bits per heavy atom. The summed E-state index contributed by atoms with van der Waals surface area (Å²) in [6.45, 7) is 3.97. The van der Waals surface area contributed by atoms with Gasteiger partial charge in [-0.15, -0.1) is 6.58 Å². The fourth-order valence-electron chi connectivity index (χ4n) is 1.44. The van der Waals surface area contributed by atoms with E-state index >= 15 is 0 Å². The fraction of sp³-hybridized carbons (Fsp3) is 0.250. The van der Waals surface area contributed by atoms with Crippen molar-refractivity contribution in [2.75, 3.05) is 13.7 Å². The lowest BCUT2D eigenvalue weighted by Gasteiger charge is -2.16. The molecular weight excluding hydrogens is 206 g/mol. The van der Waals surface area contributed by atoms with Crippen molar-refractivity contribution in [1.82, 2.24) is 5.32 Å². The van der Waals surface area contributed by atoms with Crippen molar-refractivity contribution in [3.05, 3.63) is 42.5 Å². The average Bonchev–Trinajstić information content (AvgIpc) is 2.29. The van der Waals surface area contributed by atoms with Crippen LogP contribution in [0.1, 0.15) is 11.6 Å². The Balaban J connectivity index is 2.99. The topological polar surface area (TPSA) is 58.6 Å². The highest BCUT2D eigenvalue weighted by atomic mass is 16.5. The maximum atomic E-state index is 11.1. The summed E-state index contributed by atoms with van der Waals surface area (Å²) < 4.78 is 5.13. The number of carboxylic acids is 1. The number of para-hydroxylation sites is 1. The number of carbonyl (C=O) groups is 1. The van der Waals surface area contributed by atoms with E-state index in [2.05, 4.69) is 11.9 Å². The Kier molecular flexibility index (Phi) is 4.54. The van der Waals surface area contributed by atoms with E-state index in [1.165, 1.54) is 7.11 Å². The minimum Gasteiger partial charge on any atom is -0.496 e. The maximum Gasteiger partial charge on any atom is 0.325 e. The molecule has 0 aliphatic carbocycles. The quantitative estimate of drug-likeness (QED) is 0.716. The molecule has 0 fully saturated rings. The van der Waals surface area contributed by atoms with Crippen LogP contribution in [0.4, 0.5) is 0 Å². The molecule has 0 bridgehead atoms. The molecule has 1 rings (SSSR count). The van der Waals surface area contributed by atoms with E-state index < -0.39 is 12.0 Å². The van der Waals surface area contributed by atoms with Crippen LogP contribution in [0, 0.1) is 0 Å². The molecule has 0 aliphatic rings. The third kappa shape index (κ3) is 2.84. The molecular formula is C12H15NO3. The van der Waals surface area contributed by atoms with Crippen molar-refractivity contribution < 1.29 is 14.6 Å². The Morgan fingerprint density at radius 1 is 1.62 bits per heavy atom. The van der Waals surface area contributed by atoms with Crippen LogP contribution in [-0.4, -0.2) is 24.7 Å². The van der Waals surface area contributed by atoms with Gasteiger partial charge in [-0.25, -0.2) is 0 Å². The number of ether oxygens (including phenoxy) is 1. The summed E-state index contributed by atoms with van der Waals surface area (Å²) in [5.41, 5.74) is 0.611. The molecule has 1 atom stereocenters. The molecule has 0 saturated heterocycles. The van der Waals surface area contributed by atoms with Crippen molar-refractivity contribution >= 4 is 5.97 Å². The summed E-state index contributed by atoms with van der Waals surface area (Å²) in [7, 11) is 1.52. The Hall–Kier alpha value is -1.81. The van der Waals surface area contributed by atoms with E-state index in [0.29, 0.717) is 17.9 Å². The van der Waals surface area contributed by atoms with Crippen LogP contribution < -0.4 is 10.1 Å². The number of rotatable bonds is 6. The smallest absolute Gasteiger partial charge is 0.325 e. The number of carboxylic acid groups (broad SMARTS) is 1. The summed E-state index contributed by atoms with van der Waals surface area (Å²) in [4.78, 5) is 11.1. The second-order valence-electron chi connectivity index (χ2n) is 3.21. The second-order valence-corrected chi connectivity index (χ2v) is 3.21. The van der Waals surface area contributed by atoms with Crippen molar-refractivity contribution in [3.63, 3.8) is 0 Å². The molecule has 0 radical (unpaired) electrons. The zero-order valence-corrected chi connectivity index (χ0v) is 9.14. The molecule has 1 aromatic rings. The molecule has 86 valence electrons. The van der Waals surface area contributed by atoms with Gasteiger partial charge in [-0.05, 0) is 6.07 Å². The Bertz CT molecular complexity index is 376. The summed E-state index contributed by atoms with van der Waals surface area (Å²) >= 11 is 0. The first kappa shape index (κ1) is 12.3. The van der Waals surface area contributed by atoms with E-state index in [4.69, 9.17) is 9.84 Å². The van der Waals surface area contributed by atoms with Crippen LogP contribution in [0.3, 0.4) is 0 Å². The first-order valence-electron chi connectivity index (χ1n) is 4.90. The van der Waals surface area contributed by atoms with Crippen LogP contribution in [0.2, 0.25) is 0 Å². The SMILES string of the molecule is C=CCNC(C(=O)O)c1ccccc1OC. The summed E-state index contributed by atoms with van der Waals surface area (Å²) in [6.07, 6.45) is 1.62. The average molecular weight is 221 g/mol. The van der Waals surface area contributed by atoms with Gasteiger partial charge >= 0.3 is 5.97 Å². The minimum atomic E-state index is -0.939. The monoisotopic (exact) mass is 221 g/mol. The lowest BCUT2D eigenvalue weighted by molar-refractivity contribution is -0.139. The van der Waals surface area contributed by atoms with E-state index in [0.717, 1.165) is 0 Å². The van der Waals surface area contributed by atoms with Gasteiger partial charge in [0.1, 0.15) is 11.8 Å². The molecule has 4 heteroatoms. The standard InChI is InChI=1S/C12H15NO3/c1-3-8-13-11(12(14)15)9-6-4-5-7-10(9)16-2/h3-7,11,13H,1,8H2,2H3,(H,14,15). The van der Waals surface area contributed by atoms with E-state index in [9.17, 15) is 4.79 Å². The normalized spacial score (nSPS) is 11.8. The Morgan fingerprint density at radius 3 is 2.88 bits per heavy atom. The number of methoxy groups -OCH3 is 1. The third-order valence-electron chi connectivity index (χ3n) is 2.16. The zero-order valence-electron chi connectivity index (χ0n) is 9.14. The van der Waals surface area contributed by atoms with Gasteiger partial charge in [0, 0.05) is 12.1 Å². The van der Waals surface area contributed by atoms with Gasteiger partial charge in [-0.2, -0.15) is 0 Å². The number of benzene rings is 1. The molecule has 16 heavy (non-hydrogen) atoms. The largest absolute Gasteiger partial charge is 0.496 e. The first-order valence-corrected chi connectivity index (χ1v) is 4.90. The third-order valence-corrected chi connectivity index (χ3v) is 2.16. The van der Waals surface area contributed by atoms with Crippen molar-refractivity contribution in [1.29, 1.82) is 0 Å². The summed E-state index contributed by atoms with van der Waals surface area (Å²) in [5.74, 6) is -0.377. The van der Waals surface area contributed by atoms with Gasteiger partial charge in [0.2, 0.25) is 0 Å². The minimum absolute atomic E-state index is 0.426. The molecule has 0 heterocycles. The van der Waals surface area contributed by atoms with Gasteiger partial charge in [-0.1, -0.05) is 24.3 Å². The van der Waals surface area contributed by atoms with Crippen LogP contribution >= 0.6 is 0 Å². The molecule has 2 N–H and O–H groups in total. The highest BCUT2D eigenvalue weighted by molar-refractivity contribution is 5.76.